The number of nitrogens with one attached hydrogen (secondary N) is 1. The molecule has 0 atom stereocenters. The molecule has 28 heavy (non-hydrogen) atoms. The summed E-state index contributed by atoms with van der Waals surface area (Å²) in [5, 5.41) is 12.0. The summed E-state index contributed by atoms with van der Waals surface area (Å²) in [6.07, 6.45) is 6.48. The van der Waals surface area contributed by atoms with Crippen LogP contribution in [0.4, 0.5) is 8.78 Å². The molecule has 0 aliphatic carbocycles. The van der Waals surface area contributed by atoms with Crippen LogP contribution >= 0.6 is 11.3 Å². The van der Waals surface area contributed by atoms with Gasteiger partial charge in [0.05, 0.1) is 22.6 Å². The number of aromatic nitrogens is 6. The molecule has 1 N–H and O–H groups in total. The van der Waals surface area contributed by atoms with Crippen LogP contribution in [0.5, 0.6) is 0 Å². The number of H-pyrrole nitrogens is 1. The third-order valence-corrected chi connectivity index (χ3v) is 5.66. The van der Waals surface area contributed by atoms with Gasteiger partial charge in [-0.1, -0.05) is 6.08 Å². The molecule has 4 heterocycles. The predicted octanol–water partition coefficient (Wildman–Crippen LogP) is 4.46. The second-order valence-electron chi connectivity index (χ2n) is 6.40. The first-order valence-corrected chi connectivity index (χ1v) is 9.50. The Labute approximate surface area is 162 Å². The van der Waals surface area contributed by atoms with Crippen LogP contribution in [0.1, 0.15) is 17.8 Å². The van der Waals surface area contributed by atoms with Crippen molar-refractivity contribution in [2.24, 2.45) is 0 Å². The van der Waals surface area contributed by atoms with Gasteiger partial charge in [-0.2, -0.15) is 10.2 Å². The van der Waals surface area contributed by atoms with Crippen LogP contribution < -0.4 is 0 Å². The van der Waals surface area contributed by atoms with Gasteiger partial charge in [-0.15, -0.1) is 11.3 Å². The van der Waals surface area contributed by atoms with Crippen LogP contribution in [-0.4, -0.2) is 29.9 Å². The predicted molar refractivity (Wildman–Crippen MR) is 102 cm³/mol. The fourth-order valence-corrected chi connectivity index (χ4v) is 4.48. The summed E-state index contributed by atoms with van der Waals surface area (Å²) in [6.45, 7) is 2.72. The molecule has 3 aromatic heterocycles. The summed E-state index contributed by atoms with van der Waals surface area (Å²) in [6, 6.07) is 3.33. The van der Waals surface area contributed by atoms with Gasteiger partial charge in [0.1, 0.15) is 27.8 Å². The van der Waals surface area contributed by atoms with Crippen LogP contribution in [0.3, 0.4) is 0 Å². The number of benzene rings is 1. The number of thiazole rings is 1. The lowest BCUT2D eigenvalue weighted by Crippen LogP contribution is -2.04. The Morgan fingerprint density at radius 2 is 2.14 bits per heavy atom. The number of aromatic amines is 1. The lowest BCUT2D eigenvalue weighted by Gasteiger charge is -2.08. The van der Waals surface area contributed by atoms with E-state index in [-0.39, 0.29) is 5.56 Å². The van der Waals surface area contributed by atoms with Crippen molar-refractivity contribution in [1.82, 2.24) is 29.9 Å². The fourth-order valence-electron chi connectivity index (χ4n) is 3.35. The molecule has 1 aromatic carbocycles. The lowest BCUT2D eigenvalue weighted by atomic mass is 10.1. The molecule has 4 aromatic rings. The molecule has 0 unspecified atom stereocenters. The van der Waals surface area contributed by atoms with Crippen molar-refractivity contribution in [3.63, 3.8) is 0 Å². The number of aryl methyl sites for hydroxylation is 2. The summed E-state index contributed by atoms with van der Waals surface area (Å²) in [5.74, 6) is -0.700. The summed E-state index contributed by atoms with van der Waals surface area (Å²) in [4.78, 5) is 9.43. The van der Waals surface area contributed by atoms with E-state index >= 15 is 0 Å². The highest BCUT2D eigenvalue weighted by molar-refractivity contribution is 7.18. The first-order valence-electron chi connectivity index (χ1n) is 8.68. The van der Waals surface area contributed by atoms with Gasteiger partial charge in [-0.05, 0) is 37.6 Å². The summed E-state index contributed by atoms with van der Waals surface area (Å²) in [7, 11) is 0. The average Bonchev–Trinajstić information content (AvgIpc) is 3.40. The van der Waals surface area contributed by atoms with Crippen molar-refractivity contribution < 1.29 is 8.78 Å². The van der Waals surface area contributed by atoms with Crippen molar-refractivity contribution in [3.05, 3.63) is 53.6 Å². The molecule has 1 aliphatic heterocycles. The minimum atomic E-state index is -0.552. The zero-order chi connectivity index (χ0) is 19.3. The third-order valence-electron chi connectivity index (χ3n) is 4.59. The van der Waals surface area contributed by atoms with Crippen molar-refractivity contribution in [2.45, 2.75) is 19.9 Å². The Morgan fingerprint density at radius 1 is 1.25 bits per heavy atom. The minimum absolute atomic E-state index is 0.0801. The SMILES string of the molecule is Cc1nn2c(c1-c1nc(-c3cc(F)ccc3F)c(-c3nc[nH]n3)s1)C=CCC2. The van der Waals surface area contributed by atoms with Crippen LogP contribution in [0.25, 0.3) is 38.6 Å². The Kier molecular flexibility index (Phi) is 3.90. The van der Waals surface area contributed by atoms with E-state index in [1.54, 1.807) is 0 Å². The molecule has 0 fully saturated rings. The number of fused-ring (bicyclic) bond motifs is 1. The van der Waals surface area contributed by atoms with E-state index in [1.807, 2.05) is 17.7 Å². The van der Waals surface area contributed by atoms with E-state index in [0.29, 0.717) is 21.4 Å². The number of nitrogens with zero attached hydrogens (tertiary/aromatic N) is 5. The van der Waals surface area contributed by atoms with E-state index in [2.05, 4.69) is 31.3 Å². The first-order chi connectivity index (χ1) is 13.6. The molecule has 6 nitrogen and oxygen atoms in total. The van der Waals surface area contributed by atoms with E-state index in [1.165, 1.54) is 17.7 Å². The summed E-state index contributed by atoms with van der Waals surface area (Å²) < 4.78 is 30.3. The van der Waals surface area contributed by atoms with Gasteiger partial charge in [0.25, 0.3) is 0 Å². The molecule has 0 saturated heterocycles. The molecule has 0 bridgehead atoms. The van der Waals surface area contributed by atoms with Crippen molar-refractivity contribution in [2.75, 3.05) is 0 Å². The molecule has 0 amide bonds. The zero-order valence-corrected chi connectivity index (χ0v) is 15.6. The van der Waals surface area contributed by atoms with Gasteiger partial charge in [-0.25, -0.2) is 18.7 Å². The van der Waals surface area contributed by atoms with Crippen LogP contribution in [0.2, 0.25) is 0 Å². The molecule has 0 saturated carbocycles. The highest BCUT2D eigenvalue weighted by Crippen LogP contribution is 2.42. The quantitative estimate of drug-likeness (QED) is 0.555. The van der Waals surface area contributed by atoms with E-state index < -0.39 is 11.6 Å². The van der Waals surface area contributed by atoms with Gasteiger partial charge in [0.15, 0.2) is 5.82 Å². The highest BCUT2D eigenvalue weighted by atomic mass is 32.1. The number of allylic oxidation sites excluding steroid dienone is 1. The Bertz CT molecular complexity index is 1210. The second-order valence-corrected chi connectivity index (χ2v) is 7.40. The molecule has 0 radical (unpaired) electrons. The molecule has 5 rings (SSSR count). The second kappa shape index (κ2) is 6.45. The zero-order valence-electron chi connectivity index (χ0n) is 14.8. The number of hydrogen-bond donors (Lipinski definition) is 1. The smallest absolute Gasteiger partial charge is 0.193 e. The number of hydrogen-bond acceptors (Lipinski definition) is 5. The summed E-state index contributed by atoms with van der Waals surface area (Å²) >= 11 is 1.34. The fraction of sp³-hybridized carbons (Fsp3) is 0.158. The number of rotatable bonds is 3. The first kappa shape index (κ1) is 16.9. The Hall–Kier alpha value is -3.20. The molecule has 9 heteroatoms. The maximum Gasteiger partial charge on any atom is 0.193 e. The van der Waals surface area contributed by atoms with Crippen molar-refractivity contribution in [3.8, 4) is 32.5 Å². The average molecular weight is 396 g/mol. The normalized spacial score (nSPS) is 13.1. The highest BCUT2D eigenvalue weighted by Gasteiger charge is 2.25. The van der Waals surface area contributed by atoms with E-state index in [0.717, 1.165) is 48.1 Å². The Morgan fingerprint density at radius 3 is 2.96 bits per heavy atom. The molecular formula is C19H14F2N6S. The Balaban J connectivity index is 1.76. The van der Waals surface area contributed by atoms with Gasteiger partial charge in [-0.3, -0.25) is 9.78 Å². The van der Waals surface area contributed by atoms with Gasteiger partial charge in [0.2, 0.25) is 0 Å². The molecule has 1 aliphatic rings. The van der Waals surface area contributed by atoms with Gasteiger partial charge < -0.3 is 0 Å². The lowest BCUT2D eigenvalue weighted by molar-refractivity contribution is 0.603. The third kappa shape index (κ3) is 2.66. The van der Waals surface area contributed by atoms with Crippen molar-refractivity contribution in [1.29, 1.82) is 0 Å². The monoisotopic (exact) mass is 396 g/mol. The van der Waals surface area contributed by atoms with Crippen LogP contribution in [0, 0.1) is 18.6 Å². The minimum Gasteiger partial charge on any atom is -0.265 e. The summed E-state index contributed by atoms with van der Waals surface area (Å²) in [5.41, 5.74) is 3.08. The van der Waals surface area contributed by atoms with Gasteiger partial charge in [0, 0.05) is 12.1 Å². The molecule has 140 valence electrons. The van der Waals surface area contributed by atoms with Crippen LogP contribution in [-0.2, 0) is 6.54 Å². The van der Waals surface area contributed by atoms with E-state index in [4.69, 9.17) is 0 Å². The van der Waals surface area contributed by atoms with Crippen LogP contribution in [0.15, 0.2) is 30.6 Å². The maximum absolute atomic E-state index is 14.5. The standard InChI is InChI=1S/C19H14F2N6S/c1-10-15(14-4-2-3-7-27(14)26-10)19-24-16(12-8-11(20)5-6-13(12)21)17(28-19)18-22-9-23-25-18/h2,4-6,8-9H,3,7H2,1H3,(H,22,23,25). The topological polar surface area (TPSA) is 72.3 Å². The maximum atomic E-state index is 14.5. The van der Waals surface area contributed by atoms with Gasteiger partial charge >= 0.3 is 0 Å². The largest absolute Gasteiger partial charge is 0.265 e. The molecular weight excluding hydrogens is 382 g/mol. The van der Waals surface area contributed by atoms with Crippen molar-refractivity contribution >= 4 is 17.4 Å². The number of halogens is 2. The molecule has 0 spiro atoms. The van der Waals surface area contributed by atoms with E-state index in [9.17, 15) is 8.78 Å².